The molecule has 0 aromatic heterocycles. The van der Waals surface area contributed by atoms with Gasteiger partial charge >= 0.3 is 6.03 Å². The van der Waals surface area contributed by atoms with E-state index in [1.165, 1.54) is 9.80 Å². The van der Waals surface area contributed by atoms with Crippen LogP contribution < -0.4 is 5.32 Å². The van der Waals surface area contributed by atoms with Crippen molar-refractivity contribution in [2.45, 2.75) is 22.6 Å². The summed E-state index contributed by atoms with van der Waals surface area (Å²) < 4.78 is 0. The molecule has 8 heteroatoms. The van der Waals surface area contributed by atoms with E-state index in [-0.39, 0.29) is 37.4 Å². The van der Waals surface area contributed by atoms with Gasteiger partial charge in [-0.3, -0.25) is 14.5 Å². The molecule has 0 aliphatic carbocycles. The van der Waals surface area contributed by atoms with Crippen LogP contribution in [0.15, 0.2) is 58.3 Å². The Labute approximate surface area is 172 Å². The van der Waals surface area contributed by atoms with E-state index < -0.39 is 0 Å². The molecule has 4 amide bonds. The van der Waals surface area contributed by atoms with E-state index in [9.17, 15) is 14.4 Å². The average Bonchev–Trinajstić information content (AvgIpc) is 2.91. The minimum Gasteiger partial charge on any atom is -0.326 e. The van der Waals surface area contributed by atoms with Gasteiger partial charge in [0.2, 0.25) is 11.8 Å². The predicted octanol–water partition coefficient (Wildman–Crippen LogP) is 4.10. The molecule has 3 rings (SSSR count). The first-order valence-electron chi connectivity index (χ1n) is 8.82. The van der Waals surface area contributed by atoms with Crippen LogP contribution in [-0.2, 0) is 9.59 Å². The van der Waals surface area contributed by atoms with Crippen molar-refractivity contribution in [2.24, 2.45) is 0 Å². The number of rotatable bonds is 7. The highest BCUT2D eigenvalue weighted by atomic mass is 35.5. The molecule has 1 aliphatic rings. The zero-order valence-corrected chi connectivity index (χ0v) is 16.9. The van der Waals surface area contributed by atoms with Gasteiger partial charge < -0.3 is 10.2 Å². The van der Waals surface area contributed by atoms with Crippen molar-refractivity contribution in [3.63, 3.8) is 0 Å². The van der Waals surface area contributed by atoms with Crippen LogP contribution >= 0.6 is 23.4 Å². The number of hydrogen-bond donors (Lipinski definition) is 1. The molecule has 0 atom stereocenters. The van der Waals surface area contributed by atoms with Crippen molar-refractivity contribution in [3.05, 3.63) is 53.6 Å². The molecule has 146 valence electrons. The van der Waals surface area contributed by atoms with E-state index >= 15 is 0 Å². The molecule has 1 fully saturated rings. The average molecular weight is 418 g/mol. The van der Waals surface area contributed by atoms with E-state index in [4.69, 9.17) is 11.6 Å². The zero-order valence-electron chi connectivity index (χ0n) is 15.4. The second kappa shape index (κ2) is 9.12. The molecule has 1 saturated heterocycles. The number of likely N-dealkylation sites (N-methyl/N-ethyl adjacent to an activating group) is 1. The maximum absolute atomic E-state index is 12.1. The maximum Gasteiger partial charge on any atom is 0.326 e. The van der Waals surface area contributed by atoms with Gasteiger partial charge in [0, 0.05) is 35.5 Å². The molecule has 6 nitrogen and oxygen atoms in total. The van der Waals surface area contributed by atoms with Gasteiger partial charge in [-0.25, -0.2) is 4.79 Å². The standard InChI is InChI=1S/C20H20ClN3O3S/c1-23-13-19(26)24(20(23)27)12-4-7-18(25)22-14-8-10-15(11-9-14)28-17-6-3-2-5-16(17)21/h2-3,5-6,8-11H,4,7,12-13H2,1H3,(H,22,25). The molecule has 0 radical (unpaired) electrons. The first-order chi connectivity index (χ1) is 13.4. The summed E-state index contributed by atoms with van der Waals surface area (Å²) in [6, 6.07) is 14.8. The SMILES string of the molecule is CN1CC(=O)N(CCCC(=O)Nc2ccc(Sc3ccccc3Cl)cc2)C1=O. The van der Waals surface area contributed by atoms with Gasteiger partial charge in [0.1, 0.15) is 6.54 Å². The summed E-state index contributed by atoms with van der Waals surface area (Å²) in [5.74, 6) is -0.376. The monoisotopic (exact) mass is 417 g/mol. The summed E-state index contributed by atoms with van der Waals surface area (Å²) in [4.78, 5) is 40.1. The molecule has 0 bridgehead atoms. The summed E-state index contributed by atoms with van der Waals surface area (Å²) in [6.07, 6.45) is 0.661. The van der Waals surface area contributed by atoms with E-state index in [1.807, 2.05) is 48.5 Å². The number of benzene rings is 2. The zero-order chi connectivity index (χ0) is 20.1. The predicted molar refractivity (Wildman–Crippen MR) is 110 cm³/mol. The fourth-order valence-electron chi connectivity index (χ4n) is 2.77. The van der Waals surface area contributed by atoms with Gasteiger partial charge in [0.05, 0.1) is 5.02 Å². The highest BCUT2D eigenvalue weighted by molar-refractivity contribution is 7.99. The van der Waals surface area contributed by atoms with E-state index in [0.29, 0.717) is 17.1 Å². The van der Waals surface area contributed by atoms with Gasteiger partial charge in [-0.05, 0) is 42.8 Å². The lowest BCUT2D eigenvalue weighted by molar-refractivity contribution is -0.125. The largest absolute Gasteiger partial charge is 0.326 e. The molecular formula is C20H20ClN3O3S. The van der Waals surface area contributed by atoms with Gasteiger partial charge in [-0.1, -0.05) is 35.5 Å². The third-order valence-corrected chi connectivity index (χ3v) is 5.74. The fourth-order valence-corrected chi connectivity index (χ4v) is 3.86. The second-order valence-corrected chi connectivity index (χ2v) is 7.92. The van der Waals surface area contributed by atoms with E-state index in [1.54, 1.807) is 18.8 Å². The van der Waals surface area contributed by atoms with Crippen LogP contribution in [0, 0.1) is 0 Å². The first kappa shape index (κ1) is 20.2. The molecular weight excluding hydrogens is 398 g/mol. The Balaban J connectivity index is 1.46. The Morgan fingerprint density at radius 2 is 1.86 bits per heavy atom. The highest BCUT2D eigenvalue weighted by Gasteiger charge is 2.32. The van der Waals surface area contributed by atoms with Crippen LogP contribution in [0.3, 0.4) is 0 Å². The lowest BCUT2D eigenvalue weighted by Gasteiger charge is -2.13. The third kappa shape index (κ3) is 5.05. The van der Waals surface area contributed by atoms with Crippen molar-refractivity contribution >= 4 is 46.9 Å². The van der Waals surface area contributed by atoms with Crippen LogP contribution in [0.4, 0.5) is 10.5 Å². The van der Waals surface area contributed by atoms with Crippen LogP contribution in [-0.4, -0.2) is 47.8 Å². The number of nitrogens with zero attached hydrogens (tertiary/aromatic N) is 2. The summed E-state index contributed by atoms with van der Waals surface area (Å²) >= 11 is 7.72. The molecule has 2 aromatic rings. The summed E-state index contributed by atoms with van der Waals surface area (Å²) in [6.45, 7) is 0.354. The number of halogens is 1. The van der Waals surface area contributed by atoms with Crippen LogP contribution in [0.25, 0.3) is 0 Å². The number of carbonyl (C=O) groups is 3. The van der Waals surface area contributed by atoms with Crippen LogP contribution in [0.2, 0.25) is 5.02 Å². The minimum absolute atomic E-state index is 0.101. The molecule has 0 spiro atoms. The van der Waals surface area contributed by atoms with Gasteiger partial charge in [-0.2, -0.15) is 0 Å². The van der Waals surface area contributed by atoms with Gasteiger partial charge in [-0.15, -0.1) is 0 Å². The summed E-state index contributed by atoms with van der Waals surface area (Å²) in [5, 5.41) is 3.53. The third-order valence-electron chi connectivity index (χ3n) is 4.22. The number of hydrogen-bond acceptors (Lipinski definition) is 4. The number of imide groups is 1. The molecule has 1 N–H and O–H groups in total. The Hall–Kier alpha value is -2.51. The number of amides is 4. The Morgan fingerprint density at radius 1 is 1.14 bits per heavy atom. The Bertz CT molecular complexity index is 889. The Morgan fingerprint density at radius 3 is 2.50 bits per heavy atom. The molecule has 28 heavy (non-hydrogen) atoms. The molecule has 2 aromatic carbocycles. The first-order valence-corrected chi connectivity index (χ1v) is 10.0. The smallest absolute Gasteiger partial charge is 0.326 e. The number of carbonyl (C=O) groups excluding carboxylic acids is 3. The van der Waals surface area contributed by atoms with E-state index in [0.717, 1.165) is 9.79 Å². The number of urea groups is 1. The number of anilines is 1. The van der Waals surface area contributed by atoms with Crippen molar-refractivity contribution in [1.82, 2.24) is 9.80 Å². The summed E-state index contributed by atoms with van der Waals surface area (Å²) in [7, 11) is 1.58. The minimum atomic E-state index is -0.308. The van der Waals surface area contributed by atoms with Crippen molar-refractivity contribution < 1.29 is 14.4 Å². The molecule has 0 unspecified atom stereocenters. The molecule has 0 saturated carbocycles. The summed E-state index contributed by atoms with van der Waals surface area (Å²) in [5.41, 5.74) is 0.696. The number of nitrogens with one attached hydrogen (secondary N) is 1. The maximum atomic E-state index is 12.1. The molecule has 1 heterocycles. The Kier molecular flexibility index (Phi) is 6.59. The normalized spacial score (nSPS) is 13.9. The lowest BCUT2D eigenvalue weighted by Crippen LogP contribution is -2.32. The van der Waals surface area contributed by atoms with E-state index in [2.05, 4.69) is 5.32 Å². The molecule has 1 aliphatic heterocycles. The topological polar surface area (TPSA) is 69.7 Å². The van der Waals surface area contributed by atoms with Gasteiger partial charge in [0.25, 0.3) is 0 Å². The van der Waals surface area contributed by atoms with Crippen LogP contribution in [0.1, 0.15) is 12.8 Å². The quantitative estimate of drug-likeness (QED) is 0.688. The highest BCUT2D eigenvalue weighted by Crippen LogP contribution is 2.33. The fraction of sp³-hybridized carbons (Fsp3) is 0.250. The second-order valence-electron chi connectivity index (χ2n) is 6.39. The van der Waals surface area contributed by atoms with Crippen molar-refractivity contribution in [2.75, 3.05) is 25.5 Å². The lowest BCUT2D eigenvalue weighted by atomic mass is 10.2. The van der Waals surface area contributed by atoms with Crippen molar-refractivity contribution in [3.8, 4) is 0 Å². The van der Waals surface area contributed by atoms with Crippen molar-refractivity contribution in [1.29, 1.82) is 0 Å². The van der Waals surface area contributed by atoms with Gasteiger partial charge in [0.15, 0.2) is 0 Å². The van der Waals surface area contributed by atoms with Crippen LogP contribution in [0.5, 0.6) is 0 Å².